The molecule has 1 N–H and O–H groups in total. The van der Waals surface area contributed by atoms with Gasteiger partial charge >= 0.3 is 0 Å². The summed E-state index contributed by atoms with van der Waals surface area (Å²) in [4.78, 5) is 12.2. The third-order valence-corrected chi connectivity index (χ3v) is 4.27. The highest BCUT2D eigenvalue weighted by atomic mass is 19.1. The van der Waals surface area contributed by atoms with Gasteiger partial charge < -0.3 is 14.8 Å². The lowest BCUT2D eigenvalue weighted by atomic mass is 9.93. The zero-order valence-electron chi connectivity index (χ0n) is 15.9. The van der Waals surface area contributed by atoms with Crippen LogP contribution >= 0.6 is 0 Å². The molecule has 0 saturated carbocycles. The number of nitrogens with one attached hydrogen (secondary N) is 1. The van der Waals surface area contributed by atoms with E-state index >= 15 is 0 Å². The smallest absolute Gasteiger partial charge is 0.258 e. The molecule has 0 bridgehead atoms. The average molecular weight is 359 g/mol. The van der Waals surface area contributed by atoms with Crippen LogP contribution in [-0.2, 0) is 4.79 Å². The Labute approximate surface area is 154 Å². The molecule has 0 unspecified atom stereocenters. The van der Waals surface area contributed by atoms with E-state index in [0.717, 1.165) is 22.4 Å². The molecule has 2 rings (SSSR count). The predicted octanol–water partition coefficient (Wildman–Crippen LogP) is 4.52. The molecule has 1 amide bonds. The first-order valence-corrected chi connectivity index (χ1v) is 8.68. The number of carbonyl (C=O) groups excluding carboxylic acids is 1. The number of benzene rings is 2. The summed E-state index contributed by atoms with van der Waals surface area (Å²) in [5.74, 6) is 1.06. The van der Waals surface area contributed by atoms with Gasteiger partial charge in [-0.15, -0.1) is 0 Å². The largest absolute Gasteiger partial charge is 0.496 e. The van der Waals surface area contributed by atoms with E-state index < -0.39 is 0 Å². The average Bonchev–Trinajstić information content (AvgIpc) is 2.60. The van der Waals surface area contributed by atoms with Crippen LogP contribution in [0.1, 0.15) is 49.4 Å². The number of hydrogen-bond acceptors (Lipinski definition) is 3. The van der Waals surface area contributed by atoms with Crippen molar-refractivity contribution in [1.82, 2.24) is 5.32 Å². The minimum Gasteiger partial charge on any atom is -0.496 e. The molecule has 0 aromatic heterocycles. The lowest BCUT2D eigenvalue weighted by Crippen LogP contribution is -2.31. The normalized spacial score (nSPS) is 12.0. The van der Waals surface area contributed by atoms with Crippen molar-refractivity contribution in [1.29, 1.82) is 0 Å². The molecule has 2 aromatic rings. The minimum absolute atomic E-state index is 0.123. The number of hydrogen-bond donors (Lipinski definition) is 1. The first-order valence-electron chi connectivity index (χ1n) is 8.68. The topological polar surface area (TPSA) is 47.6 Å². The van der Waals surface area contributed by atoms with Crippen molar-refractivity contribution in [3.8, 4) is 11.5 Å². The Kier molecular flexibility index (Phi) is 6.61. The third kappa shape index (κ3) is 4.97. The van der Waals surface area contributed by atoms with Crippen molar-refractivity contribution in [3.05, 3.63) is 58.9 Å². The monoisotopic (exact) mass is 359 g/mol. The summed E-state index contributed by atoms with van der Waals surface area (Å²) in [5.41, 5.74) is 3.21. The van der Waals surface area contributed by atoms with Gasteiger partial charge in [-0.05, 0) is 72.9 Å². The summed E-state index contributed by atoms with van der Waals surface area (Å²) in [6.45, 7) is 8.03. The summed E-state index contributed by atoms with van der Waals surface area (Å²) in [6.07, 6.45) is 0. The predicted molar refractivity (Wildman–Crippen MR) is 100 cm³/mol. The number of aryl methyl sites for hydroxylation is 1. The maximum atomic E-state index is 12.9. The fraction of sp³-hybridized carbons (Fsp3) is 0.381. The van der Waals surface area contributed by atoms with E-state index in [9.17, 15) is 9.18 Å². The van der Waals surface area contributed by atoms with Gasteiger partial charge in [0.2, 0.25) is 0 Å². The summed E-state index contributed by atoms with van der Waals surface area (Å²) < 4.78 is 23.7. The standard InChI is InChI=1S/C21H26FNO3/c1-13(2)18-11-19(14(3)10-20(18)25-5)15(4)23-21(24)12-26-17-8-6-16(22)7-9-17/h6-11,13,15H,12H2,1-5H3,(H,23,24)/t15-/m0/s1. The van der Waals surface area contributed by atoms with Gasteiger partial charge in [-0.25, -0.2) is 4.39 Å². The Morgan fingerprint density at radius 3 is 2.35 bits per heavy atom. The van der Waals surface area contributed by atoms with Crippen LogP contribution in [0.4, 0.5) is 4.39 Å². The van der Waals surface area contributed by atoms with Crippen LogP contribution in [0.5, 0.6) is 11.5 Å². The number of methoxy groups -OCH3 is 1. The molecule has 1 atom stereocenters. The Bertz CT molecular complexity index is 757. The van der Waals surface area contributed by atoms with Gasteiger partial charge in [-0.3, -0.25) is 4.79 Å². The van der Waals surface area contributed by atoms with Gasteiger partial charge in [0, 0.05) is 0 Å². The Morgan fingerprint density at radius 1 is 1.12 bits per heavy atom. The number of rotatable bonds is 7. The van der Waals surface area contributed by atoms with Crippen LogP contribution < -0.4 is 14.8 Å². The lowest BCUT2D eigenvalue weighted by Gasteiger charge is -2.21. The second-order valence-corrected chi connectivity index (χ2v) is 6.64. The van der Waals surface area contributed by atoms with E-state index in [1.807, 2.05) is 19.9 Å². The highest BCUT2D eigenvalue weighted by Crippen LogP contribution is 2.32. The molecule has 0 aliphatic heterocycles. The molecule has 26 heavy (non-hydrogen) atoms. The van der Waals surface area contributed by atoms with Crippen LogP contribution in [0.2, 0.25) is 0 Å². The SMILES string of the molecule is COc1cc(C)c([C@H](C)NC(=O)COc2ccc(F)cc2)cc1C(C)C. The number of carbonyl (C=O) groups is 1. The van der Waals surface area contributed by atoms with Gasteiger partial charge in [0.25, 0.3) is 5.91 Å². The van der Waals surface area contributed by atoms with Gasteiger partial charge in [-0.1, -0.05) is 13.8 Å². The summed E-state index contributed by atoms with van der Waals surface area (Å²) in [6, 6.07) is 9.51. The van der Waals surface area contributed by atoms with E-state index in [4.69, 9.17) is 9.47 Å². The van der Waals surface area contributed by atoms with Crippen LogP contribution in [0.3, 0.4) is 0 Å². The fourth-order valence-corrected chi connectivity index (χ4v) is 2.85. The van der Waals surface area contributed by atoms with E-state index in [1.54, 1.807) is 7.11 Å². The molecule has 5 heteroatoms. The van der Waals surface area contributed by atoms with E-state index in [-0.39, 0.29) is 24.4 Å². The molecule has 0 aliphatic rings. The zero-order valence-corrected chi connectivity index (χ0v) is 15.9. The van der Waals surface area contributed by atoms with Crippen molar-refractivity contribution >= 4 is 5.91 Å². The number of amides is 1. The molecular formula is C21H26FNO3. The molecule has 0 spiro atoms. The fourth-order valence-electron chi connectivity index (χ4n) is 2.85. The van der Waals surface area contributed by atoms with Crippen molar-refractivity contribution in [2.75, 3.05) is 13.7 Å². The van der Waals surface area contributed by atoms with E-state index in [0.29, 0.717) is 11.7 Å². The number of ether oxygens (including phenoxy) is 2. The molecule has 0 heterocycles. The van der Waals surface area contributed by atoms with Crippen LogP contribution in [-0.4, -0.2) is 19.6 Å². The Morgan fingerprint density at radius 2 is 1.77 bits per heavy atom. The molecule has 0 fully saturated rings. The minimum atomic E-state index is -0.341. The Hall–Kier alpha value is -2.56. The summed E-state index contributed by atoms with van der Waals surface area (Å²) in [7, 11) is 1.66. The van der Waals surface area contributed by atoms with Crippen molar-refractivity contribution in [2.45, 2.75) is 39.7 Å². The maximum absolute atomic E-state index is 12.9. The van der Waals surface area contributed by atoms with Crippen molar-refractivity contribution < 1.29 is 18.7 Å². The quantitative estimate of drug-likeness (QED) is 0.790. The third-order valence-electron chi connectivity index (χ3n) is 4.27. The second kappa shape index (κ2) is 8.70. The van der Waals surface area contributed by atoms with E-state index in [2.05, 4.69) is 25.2 Å². The lowest BCUT2D eigenvalue weighted by molar-refractivity contribution is -0.123. The molecule has 2 aromatic carbocycles. The molecule has 0 aliphatic carbocycles. The molecule has 0 radical (unpaired) electrons. The maximum Gasteiger partial charge on any atom is 0.258 e. The van der Waals surface area contributed by atoms with E-state index in [1.165, 1.54) is 24.3 Å². The van der Waals surface area contributed by atoms with Crippen molar-refractivity contribution in [3.63, 3.8) is 0 Å². The second-order valence-electron chi connectivity index (χ2n) is 6.64. The first kappa shape index (κ1) is 19.8. The summed E-state index contributed by atoms with van der Waals surface area (Å²) >= 11 is 0. The summed E-state index contributed by atoms with van der Waals surface area (Å²) in [5, 5.41) is 2.94. The molecule has 140 valence electrons. The molecule has 0 saturated heterocycles. The van der Waals surface area contributed by atoms with Gasteiger partial charge in [-0.2, -0.15) is 0 Å². The highest BCUT2D eigenvalue weighted by molar-refractivity contribution is 5.78. The van der Waals surface area contributed by atoms with Crippen LogP contribution in [0, 0.1) is 12.7 Å². The molecular weight excluding hydrogens is 333 g/mol. The van der Waals surface area contributed by atoms with Crippen LogP contribution in [0.25, 0.3) is 0 Å². The van der Waals surface area contributed by atoms with Gasteiger partial charge in [0.05, 0.1) is 13.2 Å². The van der Waals surface area contributed by atoms with Gasteiger partial charge in [0.1, 0.15) is 17.3 Å². The number of halogens is 1. The van der Waals surface area contributed by atoms with Gasteiger partial charge in [0.15, 0.2) is 6.61 Å². The highest BCUT2D eigenvalue weighted by Gasteiger charge is 2.17. The Balaban J connectivity index is 2.04. The molecule has 4 nitrogen and oxygen atoms in total. The van der Waals surface area contributed by atoms with Crippen LogP contribution in [0.15, 0.2) is 36.4 Å². The first-order chi connectivity index (χ1) is 12.3. The van der Waals surface area contributed by atoms with Crippen molar-refractivity contribution in [2.24, 2.45) is 0 Å². The zero-order chi connectivity index (χ0) is 19.3.